The first-order valence-corrected chi connectivity index (χ1v) is 9.54. The molecule has 0 fully saturated rings. The topological polar surface area (TPSA) is 18.5 Å². The molecule has 1 unspecified atom stereocenters. The average molecular weight is 350 g/mol. The van der Waals surface area contributed by atoms with Crippen molar-refractivity contribution in [3.63, 3.8) is 0 Å². The molecule has 0 aromatic heterocycles. The zero-order valence-electron chi connectivity index (χ0n) is 16.2. The minimum Gasteiger partial charge on any atom is -0.362 e. The average Bonchev–Trinajstić information content (AvgIpc) is 2.90. The fourth-order valence-electron chi connectivity index (χ4n) is 3.88. The summed E-state index contributed by atoms with van der Waals surface area (Å²) in [6, 6.07) is 0. The van der Waals surface area contributed by atoms with Crippen molar-refractivity contribution in [2.24, 2.45) is 5.41 Å². The Bertz CT molecular complexity index is 473. The smallest absolute Gasteiger partial charge is 0.106 e. The molecule has 0 saturated heterocycles. The van der Waals surface area contributed by atoms with Gasteiger partial charge in [0, 0.05) is 36.8 Å². The third kappa shape index (κ3) is 4.48. The first kappa shape index (κ1) is 20.9. The summed E-state index contributed by atoms with van der Waals surface area (Å²) in [5.41, 5.74) is 2.39. The van der Waals surface area contributed by atoms with Crippen LogP contribution in [0.1, 0.15) is 52.9 Å². The van der Waals surface area contributed by atoms with E-state index in [9.17, 15) is 0 Å². The van der Waals surface area contributed by atoms with Gasteiger partial charge in [-0.05, 0) is 38.5 Å². The number of hydrogen-bond acceptors (Lipinski definition) is 3. The van der Waals surface area contributed by atoms with Gasteiger partial charge in [-0.2, -0.15) is 0 Å². The second-order valence-corrected chi connectivity index (χ2v) is 7.17. The van der Waals surface area contributed by atoms with Crippen LogP contribution < -0.4 is 5.32 Å². The van der Waals surface area contributed by atoms with Crippen molar-refractivity contribution in [1.29, 1.82) is 0 Å². The maximum absolute atomic E-state index is 5.36. The van der Waals surface area contributed by atoms with Crippen LogP contribution in [0.4, 0.5) is 0 Å². The van der Waals surface area contributed by atoms with E-state index in [1.54, 1.807) is 0 Å². The van der Waals surface area contributed by atoms with Crippen molar-refractivity contribution in [2.75, 3.05) is 20.6 Å². The van der Waals surface area contributed by atoms with Crippen LogP contribution in [-0.4, -0.2) is 41.6 Å². The van der Waals surface area contributed by atoms with Crippen LogP contribution in [0.5, 0.6) is 0 Å². The highest BCUT2D eigenvalue weighted by atomic mass is 32.1. The van der Waals surface area contributed by atoms with Gasteiger partial charge in [0.2, 0.25) is 0 Å². The van der Waals surface area contributed by atoms with Crippen LogP contribution in [0.3, 0.4) is 0 Å². The van der Waals surface area contributed by atoms with E-state index < -0.39 is 0 Å². The molecule has 1 aliphatic heterocycles. The lowest BCUT2D eigenvalue weighted by Gasteiger charge is -2.46. The first-order chi connectivity index (χ1) is 11.4. The molecule has 1 N–H and O–H groups in total. The maximum Gasteiger partial charge on any atom is 0.106 e. The Balaban J connectivity index is 2.77. The molecule has 0 spiro atoms. The SMILES string of the molecule is C=C1C=CC(=S)N1CCC(=C)N(C)C(NC)C(CC)(CC)CCC. The monoisotopic (exact) mass is 349 g/mol. The van der Waals surface area contributed by atoms with E-state index in [2.05, 4.69) is 63.1 Å². The molecular formula is C20H35N3S. The molecule has 24 heavy (non-hydrogen) atoms. The molecule has 0 aliphatic carbocycles. The van der Waals surface area contributed by atoms with Crippen molar-refractivity contribution in [2.45, 2.75) is 59.0 Å². The molecule has 136 valence electrons. The van der Waals surface area contributed by atoms with E-state index in [-0.39, 0.29) is 5.41 Å². The highest BCUT2D eigenvalue weighted by Crippen LogP contribution is 2.38. The Morgan fingerprint density at radius 1 is 1.33 bits per heavy atom. The van der Waals surface area contributed by atoms with Crippen LogP contribution in [0.25, 0.3) is 0 Å². The lowest BCUT2D eigenvalue weighted by molar-refractivity contribution is 0.0620. The summed E-state index contributed by atoms with van der Waals surface area (Å²) in [5.74, 6) is 0. The Kier molecular flexibility index (Phi) is 8.17. The molecule has 4 heteroatoms. The van der Waals surface area contributed by atoms with E-state index >= 15 is 0 Å². The quantitative estimate of drug-likeness (QED) is 0.431. The molecule has 1 heterocycles. The van der Waals surface area contributed by atoms with Gasteiger partial charge in [0.1, 0.15) is 4.99 Å². The third-order valence-electron chi connectivity index (χ3n) is 5.55. The molecule has 0 saturated carbocycles. The second-order valence-electron chi connectivity index (χ2n) is 6.75. The molecule has 0 amide bonds. The van der Waals surface area contributed by atoms with Crippen LogP contribution in [0.15, 0.2) is 36.7 Å². The summed E-state index contributed by atoms with van der Waals surface area (Å²) in [7, 11) is 4.22. The highest BCUT2D eigenvalue weighted by Gasteiger charge is 2.37. The Hall–Kier alpha value is -1.13. The van der Waals surface area contributed by atoms with E-state index in [0.29, 0.717) is 6.17 Å². The highest BCUT2D eigenvalue weighted by molar-refractivity contribution is 7.80. The van der Waals surface area contributed by atoms with E-state index in [0.717, 1.165) is 42.2 Å². The molecule has 0 radical (unpaired) electrons. The molecule has 0 bridgehead atoms. The van der Waals surface area contributed by atoms with Gasteiger partial charge in [-0.25, -0.2) is 0 Å². The fourth-order valence-corrected chi connectivity index (χ4v) is 4.15. The normalized spacial score (nSPS) is 16.0. The minimum absolute atomic E-state index is 0.273. The number of hydrogen-bond donors (Lipinski definition) is 1. The molecule has 0 aromatic rings. The van der Waals surface area contributed by atoms with Gasteiger partial charge in [-0.15, -0.1) is 0 Å². The number of nitrogens with one attached hydrogen (secondary N) is 1. The number of nitrogens with zero attached hydrogens (tertiary/aromatic N) is 2. The largest absolute Gasteiger partial charge is 0.362 e. The molecule has 0 aromatic carbocycles. The van der Waals surface area contributed by atoms with E-state index in [1.807, 2.05) is 12.2 Å². The molecule has 1 rings (SSSR count). The van der Waals surface area contributed by atoms with Gasteiger partial charge in [0.25, 0.3) is 0 Å². The van der Waals surface area contributed by atoms with Crippen molar-refractivity contribution >= 4 is 17.2 Å². The molecular weight excluding hydrogens is 314 g/mol. The predicted molar refractivity (Wildman–Crippen MR) is 110 cm³/mol. The summed E-state index contributed by atoms with van der Waals surface area (Å²) < 4.78 is 0. The number of rotatable bonds is 11. The predicted octanol–water partition coefficient (Wildman–Crippen LogP) is 4.69. The zero-order valence-corrected chi connectivity index (χ0v) is 17.0. The van der Waals surface area contributed by atoms with E-state index in [4.69, 9.17) is 12.2 Å². The van der Waals surface area contributed by atoms with Gasteiger partial charge < -0.3 is 9.80 Å². The van der Waals surface area contributed by atoms with Gasteiger partial charge in [-0.1, -0.05) is 52.6 Å². The van der Waals surface area contributed by atoms with Crippen molar-refractivity contribution in [1.82, 2.24) is 15.1 Å². The van der Waals surface area contributed by atoms with Crippen molar-refractivity contribution in [3.05, 3.63) is 36.7 Å². The molecule has 1 atom stereocenters. The lowest BCUT2D eigenvalue weighted by atomic mass is 9.74. The van der Waals surface area contributed by atoms with Gasteiger partial charge in [-0.3, -0.25) is 5.32 Å². The van der Waals surface area contributed by atoms with Crippen molar-refractivity contribution in [3.8, 4) is 0 Å². The molecule has 3 nitrogen and oxygen atoms in total. The molecule has 1 aliphatic rings. The summed E-state index contributed by atoms with van der Waals surface area (Å²) in [6.07, 6.45) is 9.85. The summed E-state index contributed by atoms with van der Waals surface area (Å²) >= 11 is 5.36. The fraction of sp³-hybridized carbons (Fsp3) is 0.650. The maximum atomic E-state index is 5.36. The number of thiocarbonyl (C=S) groups is 1. The Labute approximate surface area is 154 Å². The van der Waals surface area contributed by atoms with Gasteiger partial charge in [0.05, 0.1) is 6.17 Å². The van der Waals surface area contributed by atoms with Crippen LogP contribution >= 0.6 is 12.2 Å². The standard InChI is InChI=1S/C20H35N3S/c1-8-14-20(9-2,10-3)19(21-6)22(7)16(4)13-15-23-17(5)11-12-18(23)24/h11-12,19,21H,4-5,8-10,13-15H2,1-3,6-7H3. The zero-order chi connectivity index (χ0) is 18.3. The van der Waals surface area contributed by atoms with Crippen LogP contribution in [0, 0.1) is 5.41 Å². The van der Waals surface area contributed by atoms with Crippen LogP contribution in [0.2, 0.25) is 0 Å². The Morgan fingerprint density at radius 3 is 2.38 bits per heavy atom. The minimum atomic E-state index is 0.273. The van der Waals surface area contributed by atoms with Crippen molar-refractivity contribution < 1.29 is 0 Å². The summed E-state index contributed by atoms with van der Waals surface area (Å²) in [5, 5.41) is 3.55. The number of allylic oxidation sites excluding steroid dienone is 1. The van der Waals surface area contributed by atoms with Gasteiger partial charge >= 0.3 is 0 Å². The third-order valence-corrected chi connectivity index (χ3v) is 5.91. The summed E-state index contributed by atoms with van der Waals surface area (Å²) in [4.78, 5) is 5.27. The lowest BCUT2D eigenvalue weighted by Crippen LogP contribution is -2.53. The van der Waals surface area contributed by atoms with Gasteiger partial charge in [0.15, 0.2) is 0 Å². The second kappa shape index (κ2) is 9.38. The Morgan fingerprint density at radius 2 is 1.96 bits per heavy atom. The summed E-state index contributed by atoms with van der Waals surface area (Å²) in [6.45, 7) is 16.1. The van der Waals surface area contributed by atoms with E-state index in [1.165, 1.54) is 12.8 Å². The first-order valence-electron chi connectivity index (χ1n) is 9.13. The van der Waals surface area contributed by atoms with Crippen LogP contribution in [-0.2, 0) is 0 Å².